The average Bonchev–Trinajstić information content (AvgIpc) is 2.57. The molecule has 1 aromatic carbocycles. The highest BCUT2D eigenvalue weighted by atomic mass is 35.5. The zero-order chi connectivity index (χ0) is 11.5. The maximum Gasteiger partial charge on any atom is 0.135 e. The Morgan fingerprint density at radius 2 is 2.25 bits per heavy atom. The van der Waals surface area contributed by atoms with Gasteiger partial charge in [0.25, 0.3) is 0 Å². The molecule has 0 fully saturated rings. The number of hydrogen-bond donors (Lipinski definition) is 0. The van der Waals surface area contributed by atoms with Crippen LogP contribution in [0.5, 0.6) is 0 Å². The molecule has 0 saturated heterocycles. The molecule has 16 heavy (non-hydrogen) atoms. The third-order valence-electron chi connectivity index (χ3n) is 2.51. The van der Waals surface area contributed by atoms with E-state index in [4.69, 9.17) is 16.3 Å². The number of rotatable bonds is 4. The first-order chi connectivity index (χ1) is 7.76. The summed E-state index contributed by atoms with van der Waals surface area (Å²) in [5.74, 6) is 0.960. The number of imidazole rings is 1. The molecular formula is C12H15ClN2O. The quantitative estimate of drug-likeness (QED) is 0.818. The molecule has 1 aromatic heterocycles. The van der Waals surface area contributed by atoms with Gasteiger partial charge in [-0.25, -0.2) is 4.98 Å². The maximum absolute atomic E-state index is 5.95. The molecule has 1 heterocycles. The van der Waals surface area contributed by atoms with Crippen molar-refractivity contribution in [1.82, 2.24) is 9.55 Å². The minimum absolute atomic E-state index is 0.534. The fourth-order valence-electron chi connectivity index (χ4n) is 1.87. The second-order valence-electron chi connectivity index (χ2n) is 3.75. The predicted octanol–water partition coefficient (Wildman–Crippen LogP) is 3.25. The van der Waals surface area contributed by atoms with Gasteiger partial charge in [0.2, 0.25) is 0 Å². The normalized spacial score (nSPS) is 11.2. The van der Waals surface area contributed by atoms with Crippen LogP contribution in [-0.4, -0.2) is 16.7 Å². The van der Waals surface area contributed by atoms with Gasteiger partial charge in [0.15, 0.2) is 0 Å². The molecule has 0 bridgehead atoms. The monoisotopic (exact) mass is 238 g/mol. The van der Waals surface area contributed by atoms with E-state index in [1.807, 2.05) is 18.2 Å². The van der Waals surface area contributed by atoms with Crippen LogP contribution in [0, 0.1) is 0 Å². The summed E-state index contributed by atoms with van der Waals surface area (Å²) in [7, 11) is 1.68. The van der Waals surface area contributed by atoms with Gasteiger partial charge in [-0.15, -0.1) is 0 Å². The summed E-state index contributed by atoms with van der Waals surface area (Å²) in [5, 5.41) is 0.720. The molecule has 0 unspecified atom stereocenters. The molecule has 4 heteroatoms. The molecule has 3 nitrogen and oxygen atoms in total. The fraction of sp³-hybridized carbons (Fsp3) is 0.417. The predicted molar refractivity (Wildman–Crippen MR) is 65.7 cm³/mol. The van der Waals surface area contributed by atoms with E-state index in [9.17, 15) is 0 Å². The second-order valence-corrected chi connectivity index (χ2v) is 4.18. The number of ether oxygens (including phenoxy) is 1. The van der Waals surface area contributed by atoms with Crippen molar-refractivity contribution >= 4 is 22.6 Å². The van der Waals surface area contributed by atoms with Crippen molar-refractivity contribution in [2.24, 2.45) is 0 Å². The fourth-order valence-corrected chi connectivity index (χ4v) is 2.03. The van der Waals surface area contributed by atoms with Gasteiger partial charge in [0.05, 0.1) is 11.0 Å². The lowest BCUT2D eigenvalue weighted by atomic mass is 10.3. The summed E-state index contributed by atoms with van der Waals surface area (Å²) in [4.78, 5) is 4.54. The molecule has 2 rings (SSSR count). The van der Waals surface area contributed by atoms with Crippen molar-refractivity contribution in [1.29, 1.82) is 0 Å². The number of aryl methyl sites for hydroxylation is 1. The van der Waals surface area contributed by atoms with Crippen molar-refractivity contribution < 1.29 is 4.74 Å². The van der Waals surface area contributed by atoms with Crippen LogP contribution in [0.4, 0.5) is 0 Å². The molecule has 2 aromatic rings. The van der Waals surface area contributed by atoms with Crippen molar-refractivity contribution in [2.45, 2.75) is 26.5 Å². The van der Waals surface area contributed by atoms with E-state index in [-0.39, 0.29) is 0 Å². The Morgan fingerprint density at radius 3 is 2.94 bits per heavy atom. The third kappa shape index (κ3) is 2.06. The lowest BCUT2D eigenvalue weighted by Gasteiger charge is -2.06. The Hall–Kier alpha value is -1.06. The van der Waals surface area contributed by atoms with Crippen molar-refractivity contribution in [3.63, 3.8) is 0 Å². The summed E-state index contributed by atoms with van der Waals surface area (Å²) >= 11 is 5.95. The topological polar surface area (TPSA) is 27.1 Å². The van der Waals surface area contributed by atoms with E-state index >= 15 is 0 Å². The highest BCUT2D eigenvalue weighted by molar-refractivity contribution is 6.31. The summed E-state index contributed by atoms with van der Waals surface area (Å²) in [6.07, 6.45) is 1.07. The Bertz CT molecular complexity index is 493. The van der Waals surface area contributed by atoms with Gasteiger partial charge in [0.1, 0.15) is 12.4 Å². The van der Waals surface area contributed by atoms with Crippen molar-refractivity contribution in [3.05, 3.63) is 29.0 Å². The van der Waals surface area contributed by atoms with Crippen LogP contribution in [0.3, 0.4) is 0 Å². The molecular weight excluding hydrogens is 224 g/mol. The zero-order valence-corrected chi connectivity index (χ0v) is 10.3. The highest BCUT2D eigenvalue weighted by Crippen LogP contribution is 2.21. The SMILES string of the molecule is CCCn1c(COC)nc2cc(Cl)ccc21. The molecule has 0 N–H and O–H groups in total. The van der Waals surface area contributed by atoms with E-state index < -0.39 is 0 Å². The van der Waals surface area contributed by atoms with Crippen LogP contribution in [0.2, 0.25) is 5.02 Å². The van der Waals surface area contributed by atoms with Gasteiger partial charge >= 0.3 is 0 Å². The molecule has 0 radical (unpaired) electrons. The Morgan fingerprint density at radius 1 is 1.44 bits per heavy atom. The third-order valence-corrected chi connectivity index (χ3v) is 2.75. The van der Waals surface area contributed by atoms with Crippen LogP contribution < -0.4 is 0 Å². The van der Waals surface area contributed by atoms with Crippen LogP contribution in [0.1, 0.15) is 19.2 Å². The number of halogens is 1. The minimum atomic E-state index is 0.534. The van der Waals surface area contributed by atoms with Gasteiger partial charge < -0.3 is 9.30 Å². The van der Waals surface area contributed by atoms with E-state index in [1.54, 1.807) is 7.11 Å². The Balaban J connectivity index is 2.56. The van der Waals surface area contributed by atoms with E-state index in [0.717, 1.165) is 34.8 Å². The Labute approximate surface area is 100.0 Å². The summed E-state index contributed by atoms with van der Waals surface area (Å²) in [5.41, 5.74) is 2.06. The van der Waals surface area contributed by atoms with Crippen LogP contribution in [-0.2, 0) is 17.9 Å². The van der Waals surface area contributed by atoms with Gasteiger partial charge in [0, 0.05) is 18.7 Å². The highest BCUT2D eigenvalue weighted by Gasteiger charge is 2.09. The molecule has 0 saturated carbocycles. The molecule has 0 spiro atoms. The van der Waals surface area contributed by atoms with Crippen molar-refractivity contribution in [3.8, 4) is 0 Å². The number of aromatic nitrogens is 2. The van der Waals surface area contributed by atoms with Crippen LogP contribution in [0.25, 0.3) is 11.0 Å². The molecule has 0 aliphatic rings. The molecule has 86 valence electrons. The largest absolute Gasteiger partial charge is 0.377 e. The lowest BCUT2D eigenvalue weighted by molar-refractivity contribution is 0.174. The Kier molecular flexibility index (Phi) is 3.46. The molecule has 0 atom stereocenters. The van der Waals surface area contributed by atoms with Crippen LogP contribution >= 0.6 is 11.6 Å². The zero-order valence-electron chi connectivity index (χ0n) is 9.53. The van der Waals surface area contributed by atoms with Gasteiger partial charge in [-0.2, -0.15) is 0 Å². The number of nitrogens with zero attached hydrogens (tertiary/aromatic N) is 2. The first kappa shape index (κ1) is 11.4. The minimum Gasteiger partial charge on any atom is -0.377 e. The second kappa shape index (κ2) is 4.85. The number of benzene rings is 1. The molecule has 0 amide bonds. The average molecular weight is 239 g/mol. The summed E-state index contributed by atoms with van der Waals surface area (Å²) < 4.78 is 7.35. The maximum atomic E-state index is 5.95. The van der Waals surface area contributed by atoms with E-state index in [0.29, 0.717) is 6.61 Å². The summed E-state index contributed by atoms with van der Waals surface area (Å²) in [6, 6.07) is 5.80. The van der Waals surface area contributed by atoms with E-state index in [2.05, 4.69) is 16.5 Å². The van der Waals surface area contributed by atoms with Gasteiger partial charge in [-0.1, -0.05) is 18.5 Å². The first-order valence-corrected chi connectivity index (χ1v) is 5.77. The standard InChI is InChI=1S/C12H15ClN2O/c1-3-6-15-11-5-4-9(13)7-10(11)14-12(15)8-16-2/h4-5,7H,3,6,8H2,1-2H3. The first-order valence-electron chi connectivity index (χ1n) is 5.40. The van der Waals surface area contributed by atoms with Crippen LogP contribution in [0.15, 0.2) is 18.2 Å². The van der Waals surface area contributed by atoms with Crippen molar-refractivity contribution in [2.75, 3.05) is 7.11 Å². The van der Waals surface area contributed by atoms with Gasteiger partial charge in [-0.3, -0.25) is 0 Å². The van der Waals surface area contributed by atoms with Gasteiger partial charge in [-0.05, 0) is 24.6 Å². The molecule has 0 aliphatic heterocycles. The number of fused-ring (bicyclic) bond motifs is 1. The molecule has 0 aliphatic carbocycles. The number of methoxy groups -OCH3 is 1. The smallest absolute Gasteiger partial charge is 0.135 e. The summed E-state index contributed by atoms with van der Waals surface area (Å²) in [6.45, 7) is 3.64. The number of hydrogen-bond acceptors (Lipinski definition) is 2. The van der Waals surface area contributed by atoms with E-state index in [1.165, 1.54) is 0 Å². The lowest BCUT2D eigenvalue weighted by Crippen LogP contribution is -2.04.